The molecule has 0 saturated heterocycles. The molecule has 1 N–H and O–H groups in total. The highest BCUT2D eigenvalue weighted by Gasteiger charge is 2.43. The average molecular weight is 235 g/mol. The number of ether oxygens (including phenoxy) is 1. The Kier molecular flexibility index (Phi) is 4.12. The van der Waals surface area contributed by atoms with Crippen molar-refractivity contribution in [3.63, 3.8) is 0 Å². The van der Waals surface area contributed by atoms with Crippen molar-refractivity contribution in [3.8, 4) is 0 Å². The molecule has 0 amide bonds. The van der Waals surface area contributed by atoms with Crippen molar-refractivity contribution >= 4 is 5.97 Å². The third-order valence-electron chi connectivity index (χ3n) is 2.96. The summed E-state index contributed by atoms with van der Waals surface area (Å²) < 4.78 is 4.67. The van der Waals surface area contributed by atoms with Gasteiger partial charge >= 0.3 is 5.97 Å². The quantitative estimate of drug-likeness (QED) is 0.461. The van der Waals surface area contributed by atoms with Crippen molar-refractivity contribution < 1.29 is 14.4 Å². The minimum atomic E-state index is -0.111. The molecule has 4 heteroatoms. The molecule has 92 valence electrons. The predicted octanol–water partition coefficient (Wildman–Crippen LogP) is 1.52. The van der Waals surface area contributed by atoms with Crippen LogP contribution in [0.15, 0.2) is 30.3 Å². The van der Waals surface area contributed by atoms with E-state index in [-0.39, 0.29) is 11.9 Å². The fraction of sp³-hybridized carbons (Fsp3) is 0.462. The van der Waals surface area contributed by atoms with Gasteiger partial charge in [0, 0.05) is 6.54 Å². The predicted molar refractivity (Wildman–Crippen MR) is 62.8 cm³/mol. The van der Waals surface area contributed by atoms with Crippen LogP contribution in [-0.4, -0.2) is 19.6 Å². The van der Waals surface area contributed by atoms with Gasteiger partial charge in [-0.05, 0) is 17.9 Å². The standard InChI is InChI=1S/C13H17NO3/c1-16-13(15)12-7-11(12)8-14-17-9-10-5-3-2-4-6-10/h2-6,11-12,14H,7-9H2,1H3/t11-,12-/m1/s1. The summed E-state index contributed by atoms with van der Waals surface area (Å²) in [5, 5.41) is 0. The zero-order chi connectivity index (χ0) is 12.1. The topological polar surface area (TPSA) is 47.6 Å². The lowest BCUT2D eigenvalue weighted by Crippen LogP contribution is -2.19. The first-order valence-corrected chi connectivity index (χ1v) is 5.77. The van der Waals surface area contributed by atoms with Crippen LogP contribution < -0.4 is 5.48 Å². The number of hydrogen-bond acceptors (Lipinski definition) is 4. The summed E-state index contributed by atoms with van der Waals surface area (Å²) in [4.78, 5) is 16.5. The number of hydrogen-bond donors (Lipinski definition) is 1. The summed E-state index contributed by atoms with van der Waals surface area (Å²) >= 11 is 0. The van der Waals surface area contributed by atoms with E-state index in [1.54, 1.807) is 0 Å². The Bertz CT molecular complexity index is 366. The highest BCUT2D eigenvalue weighted by atomic mass is 16.6. The molecular weight excluding hydrogens is 218 g/mol. The first-order valence-electron chi connectivity index (χ1n) is 5.77. The third-order valence-corrected chi connectivity index (χ3v) is 2.96. The Labute approximate surface area is 101 Å². The molecule has 0 aromatic heterocycles. The summed E-state index contributed by atoms with van der Waals surface area (Å²) in [6.07, 6.45) is 0.897. The van der Waals surface area contributed by atoms with Crippen LogP contribution >= 0.6 is 0 Å². The first kappa shape index (κ1) is 12.1. The van der Waals surface area contributed by atoms with Crippen LogP contribution in [0.3, 0.4) is 0 Å². The second-order valence-electron chi connectivity index (χ2n) is 4.25. The van der Waals surface area contributed by atoms with E-state index in [9.17, 15) is 4.79 Å². The van der Waals surface area contributed by atoms with E-state index in [0.717, 1.165) is 12.0 Å². The maximum atomic E-state index is 11.1. The molecule has 0 spiro atoms. The average Bonchev–Trinajstić information content (AvgIpc) is 3.14. The van der Waals surface area contributed by atoms with E-state index < -0.39 is 0 Å². The van der Waals surface area contributed by atoms with Crippen molar-refractivity contribution in [1.82, 2.24) is 5.48 Å². The Morgan fingerprint density at radius 3 is 2.88 bits per heavy atom. The number of carbonyl (C=O) groups is 1. The second-order valence-corrected chi connectivity index (χ2v) is 4.25. The van der Waals surface area contributed by atoms with Crippen molar-refractivity contribution in [3.05, 3.63) is 35.9 Å². The van der Waals surface area contributed by atoms with Crippen LogP contribution in [0.25, 0.3) is 0 Å². The van der Waals surface area contributed by atoms with Gasteiger partial charge in [-0.15, -0.1) is 0 Å². The van der Waals surface area contributed by atoms with Gasteiger partial charge in [-0.1, -0.05) is 30.3 Å². The molecule has 17 heavy (non-hydrogen) atoms. The van der Waals surface area contributed by atoms with E-state index in [4.69, 9.17) is 4.84 Å². The number of carbonyl (C=O) groups excluding carboxylic acids is 1. The Balaban J connectivity index is 1.58. The fourth-order valence-electron chi connectivity index (χ4n) is 1.79. The molecule has 0 heterocycles. The van der Waals surface area contributed by atoms with Gasteiger partial charge < -0.3 is 4.74 Å². The maximum Gasteiger partial charge on any atom is 0.308 e. The van der Waals surface area contributed by atoms with E-state index in [2.05, 4.69) is 10.2 Å². The molecule has 4 nitrogen and oxygen atoms in total. The van der Waals surface area contributed by atoms with Crippen LogP contribution in [0, 0.1) is 11.8 Å². The molecule has 2 atom stereocenters. The Hall–Kier alpha value is -1.39. The molecule has 0 aliphatic heterocycles. The fourth-order valence-corrected chi connectivity index (χ4v) is 1.79. The molecule has 1 aliphatic carbocycles. The summed E-state index contributed by atoms with van der Waals surface area (Å²) in [5.74, 6) is 0.311. The molecule has 0 bridgehead atoms. The number of hydroxylamine groups is 1. The van der Waals surface area contributed by atoms with Gasteiger partial charge in [-0.2, -0.15) is 0 Å². The molecular formula is C13H17NO3. The minimum Gasteiger partial charge on any atom is -0.469 e. The summed E-state index contributed by atoms with van der Waals surface area (Å²) in [6.45, 7) is 1.24. The van der Waals surface area contributed by atoms with Gasteiger partial charge in [0.1, 0.15) is 0 Å². The highest BCUT2D eigenvalue weighted by Crippen LogP contribution is 2.38. The van der Waals surface area contributed by atoms with E-state index in [1.165, 1.54) is 7.11 Å². The van der Waals surface area contributed by atoms with Crippen molar-refractivity contribution in [2.24, 2.45) is 11.8 Å². The lowest BCUT2D eigenvalue weighted by molar-refractivity contribution is -0.142. The lowest BCUT2D eigenvalue weighted by Gasteiger charge is -2.05. The SMILES string of the molecule is COC(=O)[C@@H]1C[C@@H]1CNOCc1ccccc1. The van der Waals surface area contributed by atoms with Crippen LogP contribution in [0.4, 0.5) is 0 Å². The second kappa shape index (κ2) is 5.80. The van der Waals surface area contributed by atoms with E-state index in [0.29, 0.717) is 19.1 Å². The normalized spacial score (nSPS) is 22.2. The summed E-state index contributed by atoms with van der Waals surface area (Å²) in [5.41, 5.74) is 4.02. The van der Waals surface area contributed by atoms with E-state index >= 15 is 0 Å². The first-order chi connectivity index (χ1) is 8.31. The summed E-state index contributed by atoms with van der Waals surface area (Å²) in [6, 6.07) is 9.95. The third kappa shape index (κ3) is 3.54. The number of methoxy groups -OCH3 is 1. The number of esters is 1. The molecule has 2 rings (SSSR count). The zero-order valence-corrected chi connectivity index (χ0v) is 9.89. The van der Waals surface area contributed by atoms with Gasteiger partial charge in [0.25, 0.3) is 0 Å². The van der Waals surface area contributed by atoms with Crippen LogP contribution in [0.5, 0.6) is 0 Å². The van der Waals surface area contributed by atoms with Gasteiger partial charge in [-0.3, -0.25) is 9.63 Å². The van der Waals surface area contributed by atoms with Crippen LogP contribution in [0.1, 0.15) is 12.0 Å². The Morgan fingerprint density at radius 2 is 2.18 bits per heavy atom. The molecule has 1 aliphatic rings. The molecule has 1 saturated carbocycles. The molecule has 0 unspecified atom stereocenters. The van der Waals surface area contributed by atoms with Crippen molar-refractivity contribution in [2.75, 3.05) is 13.7 Å². The number of nitrogens with one attached hydrogen (secondary N) is 1. The smallest absolute Gasteiger partial charge is 0.308 e. The van der Waals surface area contributed by atoms with E-state index in [1.807, 2.05) is 30.3 Å². The van der Waals surface area contributed by atoms with Crippen LogP contribution in [0.2, 0.25) is 0 Å². The highest BCUT2D eigenvalue weighted by molar-refractivity contribution is 5.75. The number of rotatable bonds is 6. The summed E-state index contributed by atoms with van der Waals surface area (Å²) in [7, 11) is 1.43. The van der Waals surface area contributed by atoms with Gasteiger partial charge in [0.15, 0.2) is 0 Å². The Morgan fingerprint density at radius 1 is 1.41 bits per heavy atom. The van der Waals surface area contributed by atoms with Gasteiger partial charge in [-0.25, -0.2) is 5.48 Å². The molecule has 1 fully saturated rings. The zero-order valence-electron chi connectivity index (χ0n) is 9.89. The molecule has 1 aromatic carbocycles. The largest absolute Gasteiger partial charge is 0.469 e. The molecule has 0 radical (unpaired) electrons. The molecule has 1 aromatic rings. The monoisotopic (exact) mass is 235 g/mol. The van der Waals surface area contributed by atoms with Gasteiger partial charge in [0.2, 0.25) is 0 Å². The lowest BCUT2D eigenvalue weighted by atomic mass is 10.2. The van der Waals surface area contributed by atoms with Crippen LogP contribution in [-0.2, 0) is 21.0 Å². The van der Waals surface area contributed by atoms with Gasteiger partial charge in [0.05, 0.1) is 19.6 Å². The maximum absolute atomic E-state index is 11.1. The van der Waals surface area contributed by atoms with Crippen molar-refractivity contribution in [1.29, 1.82) is 0 Å². The van der Waals surface area contributed by atoms with Crippen molar-refractivity contribution in [2.45, 2.75) is 13.0 Å². The minimum absolute atomic E-state index is 0.0628. The number of benzene rings is 1.